The van der Waals surface area contributed by atoms with Gasteiger partial charge in [0.2, 0.25) is 0 Å². The number of hydrogen-bond donors (Lipinski definition) is 1. The third kappa shape index (κ3) is 4.19. The Hall–Kier alpha value is -0.120. The van der Waals surface area contributed by atoms with Gasteiger partial charge in [0.15, 0.2) is 0 Å². The van der Waals surface area contributed by atoms with Gasteiger partial charge in [0, 0.05) is 25.2 Å². The average Bonchev–Trinajstić information content (AvgIpc) is 2.80. The molecule has 0 aromatic rings. The standard InChI is InChI=1S/C17H34N2O/c1-15(2)11-18-12-17(7-5-6-8-17)13-19-9-10-20-14-16(19,3)4/h15,18H,5-14H2,1-4H3. The Morgan fingerprint density at radius 2 is 1.90 bits per heavy atom. The molecule has 0 radical (unpaired) electrons. The van der Waals surface area contributed by atoms with Crippen molar-refractivity contribution in [2.24, 2.45) is 11.3 Å². The molecule has 0 atom stereocenters. The quantitative estimate of drug-likeness (QED) is 0.811. The molecule has 1 heterocycles. The zero-order valence-corrected chi connectivity index (χ0v) is 14.0. The highest BCUT2D eigenvalue weighted by Crippen LogP contribution is 2.40. The van der Waals surface area contributed by atoms with Gasteiger partial charge in [-0.25, -0.2) is 0 Å². The Balaban J connectivity index is 1.94. The minimum Gasteiger partial charge on any atom is -0.378 e. The second-order valence-corrected chi connectivity index (χ2v) is 8.02. The van der Waals surface area contributed by atoms with Gasteiger partial charge < -0.3 is 10.1 Å². The predicted molar refractivity (Wildman–Crippen MR) is 85.1 cm³/mol. The lowest BCUT2D eigenvalue weighted by molar-refractivity contribution is -0.0676. The number of nitrogens with one attached hydrogen (secondary N) is 1. The lowest BCUT2D eigenvalue weighted by atomic mass is 9.83. The van der Waals surface area contributed by atoms with Crippen LogP contribution in [0.15, 0.2) is 0 Å². The first kappa shape index (κ1) is 16.3. The summed E-state index contributed by atoms with van der Waals surface area (Å²) in [5.41, 5.74) is 0.704. The topological polar surface area (TPSA) is 24.5 Å². The maximum Gasteiger partial charge on any atom is 0.0645 e. The summed E-state index contributed by atoms with van der Waals surface area (Å²) < 4.78 is 5.67. The van der Waals surface area contributed by atoms with Crippen molar-refractivity contribution in [3.05, 3.63) is 0 Å². The molecule has 3 nitrogen and oxygen atoms in total. The number of rotatable bonds is 6. The van der Waals surface area contributed by atoms with Crippen LogP contribution in [0.3, 0.4) is 0 Å². The fraction of sp³-hybridized carbons (Fsp3) is 1.00. The summed E-state index contributed by atoms with van der Waals surface area (Å²) in [6.07, 6.45) is 5.61. The molecular weight excluding hydrogens is 248 g/mol. The molecule has 1 aliphatic heterocycles. The van der Waals surface area contributed by atoms with E-state index >= 15 is 0 Å². The molecule has 0 bridgehead atoms. The fourth-order valence-corrected chi connectivity index (χ4v) is 3.73. The van der Waals surface area contributed by atoms with Crippen LogP contribution in [0.2, 0.25) is 0 Å². The molecule has 118 valence electrons. The largest absolute Gasteiger partial charge is 0.378 e. The smallest absolute Gasteiger partial charge is 0.0645 e. The van der Waals surface area contributed by atoms with Gasteiger partial charge in [0.05, 0.1) is 13.2 Å². The molecule has 1 N–H and O–H groups in total. The Bertz CT molecular complexity index is 295. The van der Waals surface area contributed by atoms with E-state index < -0.39 is 0 Å². The first-order chi connectivity index (χ1) is 9.44. The zero-order chi connectivity index (χ0) is 14.6. The van der Waals surface area contributed by atoms with E-state index in [0.29, 0.717) is 5.41 Å². The highest BCUT2D eigenvalue weighted by Gasteiger charge is 2.40. The van der Waals surface area contributed by atoms with Crippen molar-refractivity contribution in [2.45, 2.75) is 58.9 Å². The minimum atomic E-state index is 0.200. The molecule has 1 saturated carbocycles. The predicted octanol–water partition coefficient (Wildman–Crippen LogP) is 2.90. The van der Waals surface area contributed by atoms with Gasteiger partial charge in [-0.1, -0.05) is 26.7 Å². The third-order valence-electron chi connectivity index (χ3n) is 5.06. The van der Waals surface area contributed by atoms with Gasteiger partial charge >= 0.3 is 0 Å². The summed E-state index contributed by atoms with van der Waals surface area (Å²) in [4.78, 5) is 2.68. The number of hydrogen-bond acceptors (Lipinski definition) is 3. The Kier molecular flexibility index (Phi) is 5.49. The highest BCUT2D eigenvalue weighted by molar-refractivity contribution is 4.94. The summed E-state index contributed by atoms with van der Waals surface area (Å²) in [7, 11) is 0. The lowest BCUT2D eigenvalue weighted by Gasteiger charge is -2.46. The van der Waals surface area contributed by atoms with Crippen molar-refractivity contribution < 1.29 is 4.74 Å². The van der Waals surface area contributed by atoms with Crippen molar-refractivity contribution in [1.29, 1.82) is 0 Å². The summed E-state index contributed by atoms with van der Waals surface area (Å²) in [6.45, 7) is 15.7. The normalized spacial score (nSPS) is 26.2. The van der Waals surface area contributed by atoms with Crippen LogP contribution in [-0.2, 0) is 4.74 Å². The SMILES string of the molecule is CC(C)CNCC1(CN2CCOCC2(C)C)CCCC1. The van der Waals surface area contributed by atoms with Gasteiger partial charge in [-0.15, -0.1) is 0 Å². The second-order valence-electron chi connectivity index (χ2n) is 8.02. The molecule has 2 fully saturated rings. The molecule has 0 aromatic carbocycles. The Morgan fingerprint density at radius 1 is 1.20 bits per heavy atom. The van der Waals surface area contributed by atoms with Crippen LogP contribution in [0, 0.1) is 11.3 Å². The zero-order valence-electron chi connectivity index (χ0n) is 14.0. The van der Waals surface area contributed by atoms with Crippen molar-refractivity contribution >= 4 is 0 Å². The lowest BCUT2D eigenvalue weighted by Crippen LogP contribution is -2.57. The third-order valence-corrected chi connectivity index (χ3v) is 5.06. The first-order valence-electron chi connectivity index (χ1n) is 8.47. The molecule has 2 aliphatic rings. The van der Waals surface area contributed by atoms with Crippen LogP contribution < -0.4 is 5.32 Å². The van der Waals surface area contributed by atoms with Crippen molar-refractivity contribution in [1.82, 2.24) is 10.2 Å². The van der Waals surface area contributed by atoms with E-state index in [2.05, 4.69) is 37.9 Å². The number of ether oxygens (including phenoxy) is 1. The molecule has 0 unspecified atom stereocenters. The molecule has 1 saturated heterocycles. The molecule has 1 aliphatic carbocycles. The molecule has 0 spiro atoms. The van der Waals surface area contributed by atoms with E-state index in [1.165, 1.54) is 38.8 Å². The molecule has 0 aromatic heterocycles. The molecular formula is C17H34N2O. The van der Waals surface area contributed by atoms with E-state index in [1.807, 2.05) is 0 Å². The first-order valence-corrected chi connectivity index (χ1v) is 8.47. The summed E-state index contributed by atoms with van der Waals surface area (Å²) in [5, 5.41) is 3.73. The Morgan fingerprint density at radius 3 is 2.50 bits per heavy atom. The maximum absolute atomic E-state index is 5.67. The van der Waals surface area contributed by atoms with Crippen molar-refractivity contribution in [2.75, 3.05) is 39.4 Å². The van der Waals surface area contributed by atoms with Gasteiger partial charge in [0.25, 0.3) is 0 Å². The number of morpholine rings is 1. The van der Waals surface area contributed by atoms with Crippen molar-refractivity contribution in [3.63, 3.8) is 0 Å². The van der Waals surface area contributed by atoms with Crippen molar-refractivity contribution in [3.8, 4) is 0 Å². The summed E-state index contributed by atoms with van der Waals surface area (Å²) >= 11 is 0. The average molecular weight is 282 g/mol. The molecule has 3 heteroatoms. The number of nitrogens with zero attached hydrogens (tertiary/aromatic N) is 1. The molecule has 2 rings (SSSR count). The maximum atomic E-state index is 5.67. The van der Waals surface area contributed by atoms with Gasteiger partial charge in [-0.3, -0.25) is 4.90 Å². The van der Waals surface area contributed by atoms with E-state index in [9.17, 15) is 0 Å². The van der Waals surface area contributed by atoms with E-state index in [4.69, 9.17) is 4.74 Å². The summed E-state index contributed by atoms with van der Waals surface area (Å²) in [6, 6.07) is 0. The summed E-state index contributed by atoms with van der Waals surface area (Å²) in [5.74, 6) is 0.744. The van der Waals surface area contributed by atoms with Crippen LogP contribution >= 0.6 is 0 Å². The van der Waals surface area contributed by atoms with Gasteiger partial charge in [0.1, 0.15) is 0 Å². The van der Waals surface area contributed by atoms with Crippen LogP contribution in [0.1, 0.15) is 53.4 Å². The van der Waals surface area contributed by atoms with E-state index in [0.717, 1.165) is 32.2 Å². The van der Waals surface area contributed by atoms with Gasteiger partial charge in [-0.05, 0) is 44.6 Å². The molecule has 20 heavy (non-hydrogen) atoms. The van der Waals surface area contributed by atoms with E-state index in [1.54, 1.807) is 0 Å². The monoisotopic (exact) mass is 282 g/mol. The molecule has 0 amide bonds. The van der Waals surface area contributed by atoms with E-state index in [-0.39, 0.29) is 5.54 Å². The van der Waals surface area contributed by atoms with Crippen LogP contribution in [0.4, 0.5) is 0 Å². The van der Waals surface area contributed by atoms with Gasteiger partial charge in [-0.2, -0.15) is 0 Å². The van der Waals surface area contributed by atoms with Crippen LogP contribution in [-0.4, -0.2) is 49.8 Å². The fourth-order valence-electron chi connectivity index (χ4n) is 3.73. The highest BCUT2D eigenvalue weighted by atomic mass is 16.5. The second kappa shape index (κ2) is 6.76. The van der Waals surface area contributed by atoms with Crippen LogP contribution in [0.5, 0.6) is 0 Å². The van der Waals surface area contributed by atoms with Crippen LogP contribution in [0.25, 0.3) is 0 Å². The Labute approximate surface area is 125 Å². The minimum absolute atomic E-state index is 0.200.